The van der Waals surface area contributed by atoms with Gasteiger partial charge >= 0.3 is 12.1 Å². The lowest BCUT2D eigenvalue weighted by Crippen LogP contribution is -2.68. The molecule has 372 valence electrons. The molecule has 1 heterocycles. The molecule has 1 saturated heterocycles. The van der Waals surface area contributed by atoms with E-state index in [0.29, 0.717) is 39.5 Å². The first kappa shape index (κ1) is 58.0. The van der Waals surface area contributed by atoms with E-state index in [0.717, 1.165) is 25.8 Å². The Bertz CT molecular complexity index is 1670. The van der Waals surface area contributed by atoms with E-state index in [-0.39, 0.29) is 48.5 Å². The Balaban J connectivity index is 2.76. The van der Waals surface area contributed by atoms with Crippen molar-refractivity contribution in [1.82, 2.24) is 5.06 Å². The van der Waals surface area contributed by atoms with Crippen molar-refractivity contribution in [1.29, 1.82) is 0 Å². The number of ketones is 1. The van der Waals surface area contributed by atoms with Crippen molar-refractivity contribution in [3.05, 3.63) is 35.9 Å². The number of aliphatic hydroxyl groups is 1. The van der Waals surface area contributed by atoms with E-state index < -0.39 is 81.6 Å². The topological polar surface area (TPSA) is 85.3 Å². The van der Waals surface area contributed by atoms with Crippen LogP contribution in [0.3, 0.4) is 0 Å². The molecule has 0 saturated carbocycles. The van der Waals surface area contributed by atoms with Crippen molar-refractivity contribution in [3.8, 4) is 0 Å². The lowest BCUT2D eigenvalue weighted by atomic mass is 9.54. The van der Waals surface area contributed by atoms with Crippen LogP contribution in [-0.2, 0) is 23.9 Å². The van der Waals surface area contributed by atoms with Crippen LogP contribution in [0.1, 0.15) is 194 Å². The van der Waals surface area contributed by atoms with E-state index in [1.54, 1.807) is 0 Å². The van der Waals surface area contributed by atoms with Crippen molar-refractivity contribution in [2.75, 3.05) is 13.2 Å². The number of aliphatic hydroxyl groups excluding tert-OH is 1. The van der Waals surface area contributed by atoms with E-state index >= 15 is 8.78 Å². The number of hydrogen-bond donors (Lipinski definition) is 1. The number of piperidine rings is 1. The van der Waals surface area contributed by atoms with Gasteiger partial charge in [-0.3, -0.25) is 14.4 Å². The van der Waals surface area contributed by atoms with Crippen molar-refractivity contribution in [2.24, 2.45) is 44.8 Å². The molecule has 7 atom stereocenters. The normalized spacial score (nSPS) is 23.5. The van der Waals surface area contributed by atoms with Crippen LogP contribution in [-0.4, -0.2) is 70.2 Å². The lowest BCUT2D eigenvalue weighted by Gasteiger charge is -2.59. The van der Waals surface area contributed by atoms with Gasteiger partial charge in [0.1, 0.15) is 11.2 Å². The Morgan fingerprint density at radius 2 is 1.39 bits per heavy atom. The van der Waals surface area contributed by atoms with Gasteiger partial charge in [0.15, 0.2) is 6.29 Å². The molecule has 1 aliphatic rings. The summed E-state index contributed by atoms with van der Waals surface area (Å²) in [5, 5.41) is 14.2. The second-order valence-electron chi connectivity index (χ2n) is 23.3. The maximum Gasteiger partial charge on any atom is 0.399 e. The van der Waals surface area contributed by atoms with Gasteiger partial charge in [0, 0.05) is 23.7 Å². The molecular formula is C52H88F5NO6. The van der Waals surface area contributed by atoms with Crippen molar-refractivity contribution < 1.29 is 51.0 Å². The average molecular weight is 918 g/mol. The molecule has 7 unspecified atom stereocenters. The molecule has 64 heavy (non-hydrogen) atoms. The predicted molar refractivity (Wildman–Crippen MR) is 247 cm³/mol. The van der Waals surface area contributed by atoms with Crippen molar-refractivity contribution in [3.63, 3.8) is 0 Å². The average Bonchev–Trinajstić information content (AvgIpc) is 3.19. The quantitative estimate of drug-likeness (QED) is 0.0478. The first-order valence-corrected chi connectivity index (χ1v) is 23.8. The third-order valence-corrected chi connectivity index (χ3v) is 16.9. The van der Waals surface area contributed by atoms with Gasteiger partial charge in [0.25, 0.3) is 5.92 Å². The molecule has 1 aromatic carbocycles. The van der Waals surface area contributed by atoms with E-state index in [1.165, 1.54) is 0 Å². The van der Waals surface area contributed by atoms with Gasteiger partial charge in [-0.1, -0.05) is 127 Å². The van der Waals surface area contributed by atoms with Gasteiger partial charge in [-0.2, -0.15) is 18.2 Å². The third-order valence-electron chi connectivity index (χ3n) is 16.9. The minimum absolute atomic E-state index is 0.0757. The zero-order valence-corrected chi connectivity index (χ0v) is 43.2. The molecule has 0 amide bonds. The van der Waals surface area contributed by atoms with E-state index in [9.17, 15) is 27.9 Å². The Hall–Kier alpha value is -2.15. The molecule has 1 aliphatic heterocycles. The van der Waals surface area contributed by atoms with Crippen molar-refractivity contribution in [2.45, 2.75) is 224 Å². The van der Waals surface area contributed by atoms with E-state index in [1.807, 2.05) is 106 Å². The Morgan fingerprint density at radius 1 is 0.844 bits per heavy atom. The molecule has 1 N–H and O–H groups in total. The number of Topliss-reactive ketones (excluding diaryl/α,β-unsaturated/α-hetero) is 1. The highest BCUT2D eigenvalue weighted by Gasteiger charge is 2.68. The molecule has 12 heteroatoms. The number of hydroxylamine groups is 2. The summed E-state index contributed by atoms with van der Waals surface area (Å²) in [4.78, 5) is 35.1. The second kappa shape index (κ2) is 20.6. The number of alkyl halides is 5. The molecule has 0 aromatic heterocycles. The Labute approximate surface area is 384 Å². The van der Waals surface area contributed by atoms with Gasteiger partial charge in [-0.25, -0.2) is 8.78 Å². The number of hydrogen-bond acceptors (Lipinski definition) is 7. The second-order valence-corrected chi connectivity index (χ2v) is 23.3. The summed E-state index contributed by atoms with van der Waals surface area (Å²) < 4.78 is 85.7. The van der Waals surface area contributed by atoms with Crippen LogP contribution in [0.4, 0.5) is 22.0 Å². The van der Waals surface area contributed by atoms with Crippen LogP contribution >= 0.6 is 0 Å². The standard InChI is InChI=1S/C52H88F5NO6/c1-20-23-30-62-41(60)38(32-43(6,7)35(4)37-27-25-24-26-28-37)46(12,13)45(10,11)33-39(42(61)63-31-29-44(8,9)51(53,54)48(16,17)52(55,56)57)47(14,15)64-58-49(18,21-2)34-40(59)36(5)50(58,19)22-3/h24-28,35-36,38-39,42,61H,20-23,29-34H2,1-19H3. The summed E-state index contributed by atoms with van der Waals surface area (Å²) >= 11 is 0. The number of ether oxygens (including phenoxy) is 2. The van der Waals surface area contributed by atoms with Crippen LogP contribution in [0.25, 0.3) is 0 Å². The van der Waals surface area contributed by atoms with E-state index in [4.69, 9.17) is 14.3 Å². The minimum atomic E-state index is -5.18. The number of nitrogens with zero attached hydrogens (tertiary/aromatic N) is 1. The summed E-state index contributed by atoms with van der Waals surface area (Å²) in [6, 6.07) is 10.2. The zero-order chi connectivity index (χ0) is 49.9. The lowest BCUT2D eigenvalue weighted by molar-refractivity contribution is -0.361. The monoisotopic (exact) mass is 918 g/mol. The first-order valence-electron chi connectivity index (χ1n) is 23.8. The van der Waals surface area contributed by atoms with E-state index in [2.05, 4.69) is 32.9 Å². The fourth-order valence-electron chi connectivity index (χ4n) is 9.63. The number of rotatable bonds is 24. The fourth-order valence-corrected chi connectivity index (χ4v) is 9.63. The van der Waals surface area contributed by atoms with Crippen LogP contribution < -0.4 is 0 Å². The number of halogens is 5. The molecule has 0 spiro atoms. The molecule has 1 fully saturated rings. The number of carbonyl (C=O) groups is 2. The predicted octanol–water partition coefficient (Wildman–Crippen LogP) is 14.2. The summed E-state index contributed by atoms with van der Waals surface area (Å²) in [6.45, 7) is 33.3. The molecule has 1 aromatic rings. The van der Waals surface area contributed by atoms with Gasteiger partial charge in [-0.15, -0.1) is 0 Å². The van der Waals surface area contributed by atoms with Crippen LogP contribution in [0, 0.1) is 44.8 Å². The molecule has 7 nitrogen and oxygen atoms in total. The summed E-state index contributed by atoms with van der Waals surface area (Å²) in [5.41, 5.74) is -9.02. The van der Waals surface area contributed by atoms with Crippen molar-refractivity contribution >= 4 is 11.8 Å². The largest absolute Gasteiger partial charge is 0.465 e. The Morgan fingerprint density at radius 3 is 1.88 bits per heavy atom. The Kier molecular flexibility index (Phi) is 18.7. The van der Waals surface area contributed by atoms with Gasteiger partial charge in [0.2, 0.25) is 0 Å². The maximum atomic E-state index is 15.8. The third kappa shape index (κ3) is 11.9. The highest BCUT2D eigenvalue weighted by molar-refractivity contribution is 5.84. The number of unbranched alkanes of at least 4 members (excludes halogenated alkanes) is 1. The number of esters is 1. The van der Waals surface area contributed by atoms with Crippen LogP contribution in [0.5, 0.6) is 0 Å². The number of carbonyl (C=O) groups excluding carboxylic acids is 2. The van der Waals surface area contributed by atoms with Gasteiger partial charge < -0.3 is 14.6 Å². The molecule has 0 bridgehead atoms. The summed E-state index contributed by atoms with van der Waals surface area (Å²) in [5.74, 6) is -6.17. The number of benzene rings is 1. The zero-order valence-electron chi connectivity index (χ0n) is 43.2. The first-order chi connectivity index (χ1) is 28.8. The minimum Gasteiger partial charge on any atom is -0.465 e. The maximum absolute atomic E-state index is 15.8. The molecule has 0 aliphatic carbocycles. The summed E-state index contributed by atoms with van der Waals surface area (Å²) in [6.07, 6.45) is -3.66. The highest BCUT2D eigenvalue weighted by Crippen LogP contribution is 2.58. The summed E-state index contributed by atoms with van der Waals surface area (Å²) in [7, 11) is 0. The smallest absolute Gasteiger partial charge is 0.399 e. The molecular weight excluding hydrogens is 830 g/mol. The van der Waals surface area contributed by atoms with Gasteiger partial charge in [0.05, 0.1) is 35.8 Å². The highest BCUT2D eigenvalue weighted by atomic mass is 19.4. The van der Waals surface area contributed by atoms with Crippen LogP contribution in [0.2, 0.25) is 0 Å². The SMILES string of the molecule is CCCCOC(=O)C(CC(C)(C)C(C)c1ccccc1)C(C)(C)C(C)(C)CC(C(O)OCCC(C)(C)C(F)(F)C(C)(C)C(F)(F)F)C(C)(C)ON1C(C)(CC)CC(=O)C(C)C1(C)CC. The van der Waals surface area contributed by atoms with Gasteiger partial charge in [-0.05, 0) is 108 Å². The van der Waals surface area contributed by atoms with Crippen LogP contribution in [0.15, 0.2) is 30.3 Å². The molecule has 0 radical (unpaired) electrons. The fraction of sp³-hybridized carbons (Fsp3) is 0.846. The molecule has 2 rings (SSSR count).